The van der Waals surface area contributed by atoms with Crippen LogP contribution in [0.1, 0.15) is 16.1 Å². The number of hydrogen-bond acceptors (Lipinski definition) is 6. The molecular weight excluding hydrogens is 334 g/mol. The predicted molar refractivity (Wildman–Crippen MR) is 93.8 cm³/mol. The third kappa shape index (κ3) is 2.93. The van der Waals surface area contributed by atoms with Crippen molar-refractivity contribution in [2.75, 3.05) is 7.11 Å². The van der Waals surface area contributed by atoms with Gasteiger partial charge in [-0.15, -0.1) is 0 Å². The molecule has 2 heterocycles. The minimum Gasteiger partial charge on any atom is -0.486 e. The average molecular weight is 349 g/mol. The summed E-state index contributed by atoms with van der Waals surface area (Å²) in [4.78, 5) is 12.1. The Morgan fingerprint density at radius 3 is 2.77 bits per heavy atom. The third-order valence-electron chi connectivity index (χ3n) is 3.97. The van der Waals surface area contributed by atoms with E-state index >= 15 is 0 Å². The van der Waals surface area contributed by atoms with Crippen LogP contribution in [0.15, 0.2) is 69.8 Å². The number of esters is 1. The Morgan fingerprint density at radius 1 is 1.08 bits per heavy atom. The molecule has 0 N–H and O–H groups in total. The summed E-state index contributed by atoms with van der Waals surface area (Å²) in [5.41, 5.74) is 0.945. The highest BCUT2D eigenvalue weighted by Crippen LogP contribution is 2.31. The Bertz CT molecular complexity index is 1050. The van der Waals surface area contributed by atoms with Gasteiger partial charge in [-0.25, -0.2) is 4.79 Å². The SMILES string of the molecule is COC(=O)c1ccc2ccccc2c1OCc1cc(-c2ccco2)on1. The molecule has 2 aromatic heterocycles. The lowest BCUT2D eigenvalue weighted by atomic mass is 10.1. The van der Waals surface area contributed by atoms with Gasteiger partial charge in [0.05, 0.1) is 13.4 Å². The summed E-state index contributed by atoms with van der Waals surface area (Å²) < 4.78 is 21.4. The van der Waals surface area contributed by atoms with E-state index in [0.717, 1.165) is 10.8 Å². The van der Waals surface area contributed by atoms with Crippen molar-refractivity contribution in [3.63, 3.8) is 0 Å². The summed E-state index contributed by atoms with van der Waals surface area (Å²) in [6.07, 6.45) is 1.56. The number of nitrogens with zero attached hydrogens (tertiary/aromatic N) is 1. The van der Waals surface area contributed by atoms with Crippen molar-refractivity contribution in [3.8, 4) is 17.3 Å². The van der Waals surface area contributed by atoms with Crippen molar-refractivity contribution in [3.05, 3.63) is 72.1 Å². The van der Waals surface area contributed by atoms with Gasteiger partial charge in [-0.2, -0.15) is 0 Å². The number of aromatic nitrogens is 1. The molecule has 0 spiro atoms. The highest BCUT2D eigenvalue weighted by atomic mass is 16.5. The summed E-state index contributed by atoms with van der Waals surface area (Å²) >= 11 is 0. The van der Waals surface area contributed by atoms with Gasteiger partial charge in [-0.05, 0) is 23.6 Å². The number of fused-ring (bicyclic) bond motifs is 1. The molecule has 0 saturated heterocycles. The van der Waals surface area contributed by atoms with E-state index in [1.165, 1.54) is 7.11 Å². The Hall–Kier alpha value is -3.54. The van der Waals surface area contributed by atoms with E-state index in [2.05, 4.69) is 5.16 Å². The van der Waals surface area contributed by atoms with Crippen LogP contribution in [-0.4, -0.2) is 18.2 Å². The van der Waals surface area contributed by atoms with Gasteiger partial charge < -0.3 is 18.4 Å². The van der Waals surface area contributed by atoms with Gasteiger partial charge >= 0.3 is 5.97 Å². The van der Waals surface area contributed by atoms with E-state index in [4.69, 9.17) is 18.4 Å². The molecule has 0 radical (unpaired) electrons. The van der Waals surface area contributed by atoms with Gasteiger partial charge in [0.2, 0.25) is 5.76 Å². The summed E-state index contributed by atoms with van der Waals surface area (Å²) in [5, 5.41) is 5.77. The van der Waals surface area contributed by atoms with Crippen LogP contribution in [-0.2, 0) is 11.3 Å². The number of carbonyl (C=O) groups is 1. The standard InChI is InChI=1S/C20H15NO5/c1-23-20(22)16-9-8-13-5-2-3-6-15(13)19(16)25-12-14-11-18(26-21-14)17-7-4-10-24-17/h2-11H,12H2,1H3. The molecule has 26 heavy (non-hydrogen) atoms. The fourth-order valence-corrected chi connectivity index (χ4v) is 2.73. The smallest absolute Gasteiger partial charge is 0.341 e. The van der Waals surface area contributed by atoms with E-state index in [0.29, 0.717) is 28.5 Å². The highest BCUT2D eigenvalue weighted by molar-refractivity contribution is 6.01. The fourth-order valence-electron chi connectivity index (χ4n) is 2.73. The number of hydrogen-bond donors (Lipinski definition) is 0. The van der Waals surface area contributed by atoms with Gasteiger partial charge in [0.1, 0.15) is 23.6 Å². The number of rotatable bonds is 5. The quantitative estimate of drug-likeness (QED) is 0.495. The van der Waals surface area contributed by atoms with Crippen LogP contribution in [0.3, 0.4) is 0 Å². The lowest BCUT2D eigenvalue weighted by Crippen LogP contribution is -2.06. The van der Waals surface area contributed by atoms with Crippen molar-refractivity contribution < 1.29 is 23.2 Å². The fraction of sp³-hybridized carbons (Fsp3) is 0.100. The Kier molecular flexibility index (Phi) is 4.15. The molecule has 0 aliphatic rings. The number of ether oxygens (including phenoxy) is 2. The van der Waals surface area contributed by atoms with E-state index in [9.17, 15) is 4.79 Å². The average Bonchev–Trinajstić information content (AvgIpc) is 3.36. The minimum atomic E-state index is -0.456. The topological polar surface area (TPSA) is 74.7 Å². The first kappa shape index (κ1) is 16.0. The van der Waals surface area contributed by atoms with Gasteiger partial charge in [0.25, 0.3) is 0 Å². The van der Waals surface area contributed by atoms with Crippen molar-refractivity contribution in [2.24, 2.45) is 0 Å². The van der Waals surface area contributed by atoms with Crippen molar-refractivity contribution in [1.82, 2.24) is 5.16 Å². The molecule has 0 saturated carbocycles. The number of carbonyl (C=O) groups excluding carboxylic acids is 1. The Labute approximate surface area is 148 Å². The van der Waals surface area contributed by atoms with Gasteiger partial charge in [0, 0.05) is 11.5 Å². The highest BCUT2D eigenvalue weighted by Gasteiger charge is 2.17. The molecule has 6 nitrogen and oxygen atoms in total. The van der Waals surface area contributed by atoms with Crippen LogP contribution < -0.4 is 4.74 Å². The zero-order chi connectivity index (χ0) is 17.9. The molecule has 0 aliphatic carbocycles. The zero-order valence-electron chi connectivity index (χ0n) is 14.0. The van der Waals surface area contributed by atoms with Gasteiger partial charge in [0.15, 0.2) is 5.76 Å². The summed E-state index contributed by atoms with van der Waals surface area (Å²) in [7, 11) is 1.34. The molecule has 2 aromatic carbocycles. The van der Waals surface area contributed by atoms with E-state index in [-0.39, 0.29) is 6.61 Å². The van der Waals surface area contributed by atoms with Crippen molar-refractivity contribution in [2.45, 2.75) is 6.61 Å². The Balaban J connectivity index is 1.65. The minimum absolute atomic E-state index is 0.141. The third-order valence-corrected chi connectivity index (χ3v) is 3.97. The Morgan fingerprint density at radius 2 is 1.96 bits per heavy atom. The molecule has 130 valence electrons. The molecule has 4 rings (SSSR count). The van der Waals surface area contributed by atoms with Gasteiger partial charge in [-0.3, -0.25) is 0 Å². The molecule has 0 amide bonds. The van der Waals surface area contributed by atoms with Crippen LogP contribution >= 0.6 is 0 Å². The largest absolute Gasteiger partial charge is 0.486 e. The lowest BCUT2D eigenvalue weighted by Gasteiger charge is -2.12. The second-order valence-electron chi connectivity index (χ2n) is 5.60. The summed E-state index contributed by atoms with van der Waals surface area (Å²) in [5.74, 6) is 1.10. The number of methoxy groups -OCH3 is 1. The van der Waals surface area contributed by atoms with E-state index in [1.807, 2.05) is 30.3 Å². The normalized spacial score (nSPS) is 10.8. The summed E-state index contributed by atoms with van der Waals surface area (Å²) in [6.45, 7) is 0.141. The molecule has 0 unspecified atom stereocenters. The van der Waals surface area contributed by atoms with Crippen LogP contribution in [0.2, 0.25) is 0 Å². The zero-order valence-corrected chi connectivity index (χ0v) is 14.0. The van der Waals surface area contributed by atoms with Crippen LogP contribution in [0.4, 0.5) is 0 Å². The maximum atomic E-state index is 12.1. The molecule has 0 fully saturated rings. The molecule has 6 heteroatoms. The maximum Gasteiger partial charge on any atom is 0.341 e. The summed E-state index contributed by atoms with van der Waals surface area (Å²) in [6, 6.07) is 16.5. The van der Waals surface area contributed by atoms with Gasteiger partial charge in [-0.1, -0.05) is 35.5 Å². The second-order valence-corrected chi connectivity index (χ2v) is 5.60. The first-order valence-electron chi connectivity index (χ1n) is 7.98. The van der Waals surface area contributed by atoms with Crippen molar-refractivity contribution >= 4 is 16.7 Å². The second kappa shape index (κ2) is 6.76. The lowest BCUT2D eigenvalue weighted by molar-refractivity contribution is 0.0596. The monoisotopic (exact) mass is 349 g/mol. The number of benzene rings is 2. The van der Waals surface area contributed by atoms with E-state index < -0.39 is 5.97 Å². The predicted octanol–water partition coefficient (Wildman–Crippen LogP) is 4.45. The number of furan rings is 1. The van der Waals surface area contributed by atoms with Crippen LogP contribution in [0, 0.1) is 0 Å². The van der Waals surface area contributed by atoms with E-state index in [1.54, 1.807) is 30.5 Å². The molecule has 0 aliphatic heterocycles. The first-order valence-corrected chi connectivity index (χ1v) is 7.98. The molecular formula is C20H15NO5. The molecule has 0 atom stereocenters. The molecule has 0 bridgehead atoms. The first-order chi connectivity index (χ1) is 12.8. The van der Waals surface area contributed by atoms with Crippen LogP contribution in [0.25, 0.3) is 22.3 Å². The molecule has 4 aromatic rings. The van der Waals surface area contributed by atoms with Crippen molar-refractivity contribution in [1.29, 1.82) is 0 Å². The maximum absolute atomic E-state index is 12.1. The van der Waals surface area contributed by atoms with Crippen LogP contribution in [0.5, 0.6) is 5.75 Å².